The molecule has 0 atom stereocenters. The second-order valence-corrected chi connectivity index (χ2v) is 17.1. The van der Waals surface area contributed by atoms with E-state index in [1.54, 1.807) is 0 Å². The first-order valence-corrected chi connectivity index (χ1v) is 22.4. The molecule has 0 fully saturated rings. The van der Waals surface area contributed by atoms with Gasteiger partial charge in [0.1, 0.15) is 11.2 Å². The molecule has 13 rings (SSSR count). The summed E-state index contributed by atoms with van der Waals surface area (Å²) in [4.78, 5) is 0. The fourth-order valence-electron chi connectivity index (χ4n) is 10.6. The van der Waals surface area contributed by atoms with Gasteiger partial charge in [-0.05, 0) is 146 Å². The molecule has 13 aromatic rings. The Labute approximate surface area is 377 Å². The van der Waals surface area contributed by atoms with Crippen LogP contribution in [-0.4, -0.2) is 0 Å². The molecule has 0 aliphatic heterocycles. The van der Waals surface area contributed by atoms with Gasteiger partial charge in [0.05, 0.1) is 0 Å². The molecule has 0 unspecified atom stereocenters. The minimum Gasteiger partial charge on any atom is -0.456 e. The fraction of sp³-hybridized carbons (Fsp3) is 0. The number of hydrogen-bond donors (Lipinski definition) is 0. The molecule has 0 radical (unpaired) electrons. The SMILES string of the molecule is c1ccc(-c2cc(-c3ccccc3)cc(-c3c4ccccc4c(-c4ccc5oc6cccc(-c7c8ccccc8c(-c8ccccc8)c8ccccc78)c6c5c4)c4ccccc34)c2)cc1. The number of furan rings is 1. The Morgan fingerprint density at radius 1 is 0.200 bits per heavy atom. The lowest BCUT2D eigenvalue weighted by molar-refractivity contribution is 0.669. The first-order valence-electron chi connectivity index (χ1n) is 22.4. The lowest BCUT2D eigenvalue weighted by atomic mass is 9.83. The molecule has 0 aliphatic carbocycles. The Hall–Kier alpha value is -8.52. The third kappa shape index (κ3) is 6.01. The third-order valence-electron chi connectivity index (χ3n) is 13.4. The average molecular weight is 825 g/mol. The third-order valence-corrected chi connectivity index (χ3v) is 13.4. The van der Waals surface area contributed by atoms with E-state index >= 15 is 0 Å². The largest absolute Gasteiger partial charge is 0.456 e. The number of fused-ring (bicyclic) bond motifs is 7. The predicted octanol–water partition coefficient (Wildman–Crippen LogP) is 18.2. The van der Waals surface area contributed by atoms with Gasteiger partial charge < -0.3 is 4.42 Å². The van der Waals surface area contributed by atoms with Crippen molar-refractivity contribution in [1.82, 2.24) is 0 Å². The zero-order chi connectivity index (χ0) is 42.8. The molecular formula is C64H40O. The van der Waals surface area contributed by atoms with E-state index in [1.807, 2.05) is 0 Å². The lowest BCUT2D eigenvalue weighted by Gasteiger charge is -2.19. The van der Waals surface area contributed by atoms with E-state index in [0.29, 0.717) is 0 Å². The first kappa shape index (κ1) is 37.1. The molecule has 65 heavy (non-hydrogen) atoms. The van der Waals surface area contributed by atoms with E-state index in [0.717, 1.165) is 27.5 Å². The minimum atomic E-state index is 0.877. The van der Waals surface area contributed by atoms with E-state index in [4.69, 9.17) is 4.42 Å². The molecule has 1 aromatic heterocycles. The summed E-state index contributed by atoms with van der Waals surface area (Å²) in [7, 11) is 0. The Balaban J connectivity index is 1.07. The van der Waals surface area contributed by atoms with Crippen LogP contribution in [0.15, 0.2) is 247 Å². The second kappa shape index (κ2) is 15.1. The van der Waals surface area contributed by atoms with Crippen LogP contribution < -0.4 is 0 Å². The molecule has 0 saturated heterocycles. The van der Waals surface area contributed by atoms with Gasteiger partial charge in [-0.2, -0.15) is 0 Å². The summed E-state index contributed by atoms with van der Waals surface area (Å²) >= 11 is 0. The highest BCUT2D eigenvalue weighted by Crippen LogP contribution is 2.49. The highest BCUT2D eigenvalue weighted by atomic mass is 16.3. The van der Waals surface area contributed by atoms with Crippen LogP contribution in [0.1, 0.15) is 0 Å². The molecule has 0 saturated carbocycles. The van der Waals surface area contributed by atoms with Crippen LogP contribution in [-0.2, 0) is 0 Å². The van der Waals surface area contributed by atoms with Crippen molar-refractivity contribution in [2.45, 2.75) is 0 Å². The van der Waals surface area contributed by atoms with E-state index in [1.165, 1.54) is 104 Å². The monoisotopic (exact) mass is 824 g/mol. The predicted molar refractivity (Wildman–Crippen MR) is 276 cm³/mol. The van der Waals surface area contributed by atoms with Gasteiger partial charge >= 0.3 is 0 Å². The molecule has 1 heterocycles. The van der Waals surface area contributed by atoms with Crippen molar-refractivity contribution < 1.29 is 4.42 Å². The molecule has 1 heteroatoms. The van der Waals surface area contributed by atoms with Gasteiger partial charge in [0.15, 0.2) is 0 Å². The van der Waals surface area contributed by atoms with Crippen LogP contribution in [0, 0.1) is 0 Å². The number of benzene rings is 12. The molecule has 0 N–H and O–H groups in total. The summed E-state index contributed by atoms with van der Waals surface area (Å²) in [6, 6.07) is 88.5. The van der Waals surface area contributed by atoms with Gasteiger partial charge in [-0.3, -0.25) is 0 Å². The number of hydrogen-bond acceptors (Lipinski definition) is 1. The van der Waals surface area contributed by atoms with Gasteiger partial charge in [-0.25, -0.2) is 0 Å². The van der Waals surface area contributed by atoms with Crippen molar-refractivity contribution in [3.8, 4) is 66.8 Å². The second-order valence-electron chi connectivity index (χ2n) is 17.1. The summed E-state index contributed by atoms with van der Waals surface area (Å²) < 4.78 is 6.77. The Kier molecular flexibility index (Phi) is 8.60. The van der Waals surface area contributed by atoms with Crippen LogP contribution in [0.5, 0.6) is 0 Å². The van der Waals surface area contributed by atoms with Crippen LogP contribution in [0.25, 0.3) is 132 Å². The first-order chi connectivity index (χ1) is 32.3. The normalized spacial score (nSPS) is 11.7. The molecule has 302 valence electrons. The number of rotatable bonds is 6. The maximum atomic E-state index is 6.77. The summed E-state index contributed by atoms with van der Waals surface area (Å²) in [6.45, 7) is 0. The molecule has 0 spiro atoms. The summed E-state index contributed by atoms with van der Waals surface area (Å²) in [5.41, 5.74) is 16.2. The fourth-order valence-corrected chi connectivity index (χ4v) is 10.6. The van der Waals surface area contributed by atoms with Gasteiger partial charge in [-0.15, -0.1) is 0 Å². The van der Waals surface area contributed by atoms with Crippen LogP contribution >= 0.6 is 0 Å². The van der Waals surface area contributed by atoms with Crippen LogP contribution in [0.4, 0.5) is 0 Å². The van der Waals surface area contributed by atoms with Gasteiger partial charge in [0, 0.05) is 10.8 Å². The molecule has 0 aliphatic rings. The van der Waals surface area contributed by atoms with E-state index in [2.05, 4.69) is 243 Å². The van der Waals surface area contributed by atoms with Gasteiger partial charge in [0.2, 0.25) is 0 Å². The zero-order valence-electron chi connectivity index (χ0n) is 35.5. The van der Waals surface area contributed by atoms with Crippen molar-refractivity contribution in [2.75, 3.05) is 0 Å². The standard InChI is InChI=1S/C64H40O/c1-4-19-41(20-5-1)45-37-46(42-21-6-2-7-22-42)39-47(38-45)62-50-27-12-10-25-48(50)61(49-26-11-13-28-51(49)62)44-35-36-58-57(40-44)64-56(33-18-34-59(64)65-58)63-54-31-16-14-29-52(54)60(43-23-8-3-9-24-43)53-30-15-17-32-55(53)63/h1-40H. The molecular weight excluding hydrogens is 785 g/mol. The van der Waals surface area contributed by atoms with Crippen LogP contribution in [0.3, 0.4) is 0 Å². The van der Waals surface area contributed by atoms with E-state index in [-0.39, 0.29) is 0 Å². The lowest BCUT2D eigenvalue weighted by Crippen LogP contribution is -1.92. The zero-order valence-corrected chi connectivity index (χ0v) is 35.5. The van der Waals surface area contributed by atoms with Crippen molar-refractivity contribution >= 4 is 65.0 Å². The highest BCUT2D eigenvalue weighted by molar-refractivity contribution is 6.27. The topological polar surface area (TPSA) is 13.1 Å². The van der Waals surface area contributed by atoms with Crippen molar-refractivity contribution in [1.29, 1.82) is 0 Å². The summed E-state index contributed by atoms with van der Waals surface area (Å²) in [5.74, 6) is 0. The van der Waals surface area contributed by atoms with E-state index < -0.39 is 0 Å². The summed E-state index contributed by atoms with van der Waals surface area (Å²) in [6.07, 6.45) is 0. The Morgan fingerprint density at radius 3 is 1.06 bits per heavy atom. The van der Waals surface area contributed by atoms with E-state index in [9.17, 15) is 0 Å². The molecule has 0 bridgehead atoms. The smallest absolute Gasteiger partial charge is 0.136 e. The van der Waals surface area contributed by atoms with Crippen molar-refractivity contribution in [3.05, 3.63) is 243 Å². The molecule has 12 aromatic carbocycles. The maximum absolute atomic E-state index is 6.77. The van der Waals surface area contributed by atoms with Gasteiger partial charge in [-0.1, -0.05) is 206 Å². The van der Waals surface area contributed by atoms with Crippen molar-refractivity contribution in [2.24, 2.45) is 0 Å². The summed E-state index contributed by atoms with van der Waals surface area (Å²) in [5, 5.41) is 12.0. The Bertz CT molecular complexity index is 3800. The Morgan fingerprint density at radius 2 is 0.585 bits per heavy atom. The molecule has 1 nitrogen and oxygen atoms in total. The molecule has 0 amide bonds. The van der Waals surface area contributed by atoms with Crippen LogP contribution in [0.2, 0.25) is 0 Å². The highest BCUT2D eigenvalue weighted by Gasteiger charge is 2.22. The van der Waals surface area contributed by atoms with Gasteiger partial charge in [0.25, 0.3) is 0 Å². The quantitative estimate of drug-likeness (QED) is 0.152. The maximum Gasteiger partial charge on any atom is 0.136 e. The average Bonchev–Trinajstić information content (AvgIpc) is 3.76. The van der Waals surface area contributed by atoms with Crippen molar-refractivity contribution in [3.63, 3.8) is 0 Å². The minimum absolute atomic E-state index is 0.877.